The van der Waals surface area contributed by atoms with E-state index >= 15 is 0 Å². The zero-order chi connectivity index (χ0) is 33.9. The summed E-state index contributed by atoms with van der Waals surface area (Å²) in [5.41, 5.74) is 10.8. The van der Waals surface area contributed by atoms with Crippen LogP contribution in [0, 0.1) is 0 Å². The van der Waals surface area contributed by atoms with Crippen LogP contribution in [0.15, 0.2) is 176 Å². The van der Waals surface area contributed by atoms with Gasteiger partial charge in [-0.3, -0.25) is 4.57 Å². The fourth-order valence-corrected chi connectivity index (χ4v) is 8.22. The third kappa shape index (κ3) is 4.68. The van der Waals surface area contributed by atoms with E-state index in [0.717, 1.165) is 29.0 Å². The number of aromatic nitrogens is 2. The van der Waals surface area contributed by atoms with Crippen LogP contribution >= 0.6 is 0 Å². The first-order chi connectivity index (χ1) is 25.3. The zero-order valence-corrected chi connectivity index (χ0v) is 28.3. The Kier molecular flexibility index (Phi) is 6.82. The van der Waals surface area contributed by atoms with Gasteiger partial charge >= 0.3 is 0 Å². The molecule has 10 rings (SSSR count). The van der Waals surface area contributed by atoms with Gasteiger partial charge in [0.1, 0.15) is 5.82 Å². The van der Waals surface area contributed by atoms with E-state index in [1.54, 1.807) is 0 Å². The Balaban J connectivity index is 1.11. The third-order valence-electron chi connectivity index (χ3n) is 10.5. The Bertz CT molecular complexity index is 2870. The van der Waals surface area contributed by atoms with Gasteiger partial charge in [0, 0.05) is 12.1 Å². The van der Waals surface area contributed by atoms with Crippen molar-refractivity contribution in [3.05, 3.63) is 182 Å². The number of hydrogen-bond donors (Lipinski definition) is 0. The topological polar surface area (TPSA) is 17.8 Å². The highest BCUT2D eigenvalue weighted by molar-refractivity contribution is 6.25. The summed E-state index contributed by atoms with van der Waals surface area (Å²) >= 11 is 0. The molecule has 2 nitrogen and oxygen atoms in total. The van der Waals surface area contributed by atoms with Gasteiger partial charge in [-0.15, -0.1) is 0 Å². The average Bonchev–Trinajstić information content (AvgIpc) is 3.59. The molecular formula is C49H34N2. The molecule has 0 aliphatic carbocycles. The summed E-state index contributed by atoms with van der Waals surface area (Å²) in [4.78, 5) is 4.88. The first-order valence-corrected chi connectivity index (χ1v) is 17.8. The average molecular weight is 651 g/mol. The van der Waals surface area contributed by atoms with Crippen molar-refractivity contribution in [2.75, 3.05) is 0 Å². The number of rotatable bonds is 5. The normalized spacial score (nSPS) is 11.7. The number of benzene rings is 9. The van der Waals surface area contributed by atoms with Crippen molar-refractivity contribution < 1.29 is 0 Å². The molecule has 1 heterocycles. The van der Waals surface area contributed by atoms with Crippen molar-refractivity contribution in [1.82, 2.24) is 9.55 Å². The van der Waals surface area contributed by atoms with E-state index in [1.807, 2.05) is 0 Å². The second-order valence-electron chi connectivity index (χ2n) is 13.4. The number of nitrogens with zero attached hydrogens (tertiary/aromatic N) is 2. The second-order valence-corrected chi connectivity index (χ2v) is 13.4. The molecule has 0 spiro atoms. The summed E-state index contributed by atoms with van der Waals surface area (Å²) in [5, 5.41) is 10.2. The van der Waals surface area contributed by atoms with Crippen LogP contribution in [0.5, 0.6) is 0 Å². The predicted molar refractivity (Wildman–Crippen MR) is 217 cm³/mol. The molecular weight excluding hydrogens is 617 g/mol. The van der Waals surface area contributed by atoms with Crippen molar-refractivity contribution >= 4 is 54.1 Å². The zero-order valence-electron chi connectivity index (χ0n) is 28.3. The third-order valence-corrected chi connectivity index (χ3v) is 10.5. The summed E-state index contributed by atoms with van der Waals surface area (Å²) in [6.45, 7) is 2.17. The highest BCUT2D eigenvalue weighted by Gasteiger charge is 2.19. The van der Waals surface area contributed by atoms with Gasteiger partial charge in [-0.1, -0.05) is 153 Å². The van der Waals surface area contributed by atoms with Crippen molar-refractivity contribution in [3.8, 4) is 39.1 Å². The Morgan fingerprint density at radius 1 is 0.431 bits per heavy atom. The minimum Gasteiger partial charge on any atom is -0.296 e. The fraction of sp³-hybridized carbons (Fsp3) is 0.0408. The van der Waals surface area contributed by atoms with Gasteiger partial charge in [0.2, 0.25) is 0 Å². The van der Waals surface area contributed by atoms with Crippen LogP contribution in [0.3, 0.4) is 0 Å². The summed E-state index contributed by atoms with van der Waals surface area (Å²) < 4.78 is 2.28. The minimum absolute atomic E-state index is 0.876. The van der Waals surface area contributed by atoms with Crippen LogP contribution in [0.2, 0.25) is 0 Å². The van der Waals surface area contributed by atoms with Crippen LogP contribution < -0.4 is 0 Å². The lowest BCUT2D eigenvalue weighted by molar-refractivity contribution is 0.908. The van der Waals surface area contributed by atoms with E-state index in [-0.39, 0.29) is 0 Å². The largest absolute Gasteiger partial charge is 0.296 e. The molecule has 0 radical (unpaired) electrons. The van der Waals surface area contributed by atoms with Gasteiger partial charge < -0.3 is 0 Å². The predicted octanol–water partition coefficient (Wildman–Crippen LogP) is 13.2. The summed E-state index contributed by atoms with van der Waals surface area (Å²) in [7, 11) is 0. The Morgan fingerprint density at radius 2 is 0.922 bits per heavy atom. The van der Waals surface area contributed by atoms with E-state index in [4.69, 9.17) is 4.98 Å². The van der Waals surface area contributed by atoms with Gasteiger partial charge in [-0.2, -0.15) is 0 Å². The van der Waals surface area contributed by atoms with E-state index in [2.05, 4.69) is 187 Å². The smallest absolute Gasteiger partial charge is 0.114 e. The molecule has 0 aliphatic rings. The number of aryl methyl sites for hydroxylation is 1. The highest BCUT2D eigenvalue weighted by atomic mass is 15.1. The van der Waals surface area contributed by atoms with Gasteiger partial charge in [0.25, 0.3) is 0 Å². The lowest BCUT2D eigenvalue weighted by Crippen LogP contribution is -1.99. The van der Waals surface area contributed by atoms with Crippen LogP contribution in [0.25, 0.3) is 93.2 Å². The maximum Gasteiger partial charge on any atom is 0.114 e. The molecule has 240 valence electrons. The molecule has 0 saturated heterocycles. The van der Waals surface area contributed by atoms with Crippen molar-refractivity contribution in [2.24, 2.45) is 0 Å². The minimum atomic E-state index is 0.876. The van der Waals surface area contributed by atoms with Crippen molar-refractivity contribution in [2.45, 2.75) is 13.3 Å². The molecule has 0 atom stereocenters. The van der Waals surface area contributed by atoms with E-state index < -0.39 is 0 Å². The maximum absolute atomic E-state index is 4.88. The molecule has 0 N–H and O–H groups in total. The number of fused-ring (bicyclic) bond motifs is 6. The molecule has 0 aliphatic heterocycles. The molecule has 0 fully saturated rings. The summed E-state index contributed by atoms with van der Waals surface area (Å²) in [6.07, 6.45) is 0.876. The maximum atomic E-state index is 4.88. The lowest BCUT2D eigenvalue weighted by Gasteiger charge is -2.19. The molecule has 1 aromatic heterocycles. The Labute approximate surface area is 296 Å². The Hall–Kier alpha value is -6.51. The molecule has 0 amide bonds. The van der Waals surface area contributed by atoms with E-state index in [0.29, 0.717) is 0 Å². The first kappa shape index (κ1) is 29.4. The summed E-state index contributed by atoms with van der Waals surface area (Å²) in [5.74, 6) is 1.08. The molecule has 2 heteroatoms. The highest BCUT2D eigenvalue weighted by Crippen LogP contribution is 2.46. The Morgan fingerprint density at radius 3 is 1.57 bits per heavy atom. The van der Waals surface area contributed by atoms with E-state index in [9.17, 15) is 0 Å². The van der Waals surface area contributed by atoms with Crippen LogP contribution in [-0.4, -0.2) is 9.55 Å². The van der Waals surface area contributed by atoms with Crippen LogP contribution in [0.1, 0.15) is 12.7 Å². The quantitative estimate of drug-likeness (QED) is 0.134. The number of hydrogen-bond acceptors (Lipinski definition) is 1. The van der Waals surface area contributed by atoms with Crippen molar-refractivity contribution in [3.63, 3.8) is 0 Å². The lowest BCUT2D eigenvalue weighted by atomic mass is 9.83. The monoisotopic (exact) mass is 650 g/mol. The molecule has 10 aromatic rings. The molecule has 0 bridgehead atoms. The number of para-hydroxylation sites is 2. The fourth-order valence-electron chi connectivity index (χ4n) is 8.22. The molecule has 9 aromatic carbocycles. The molecule has 0 unspecified atom stereocenters. The molecule has 0 saturated carbocycles. The van der Waals surface area contributed by atoms with E-state index in [1.165, 1.54) is 76.5 Å². The van der Waals surface area contributed by atoms with Gasteiger partial charge in [-0.25, -0.2) is 4.98 Å². The van der Waals surface area contributed by atoms with Crippen LogP contribution in [-0.2, 0) is 6.42 Å². The van der Waals surface area contributed by atoms with Crippen molar-refractivity contribution in [1.29, 1.82) is 0 Å². The summed E-state index contributed by atoms with van der Waals surface area (Å²) in [6, 6.07) is 64.3. The SMILES string of the molecule is CCc1nc2ccccc2n1-c1ccc(-c2ccc(-c3c4ccccc4c(-c4cc5ccccc5c5ccccc45)c4ccccc34)cc2)cc1. The number of imidazole rings is 1. The van der Waals surface area contributed by atoms with Gasteiger partial charge in [0.05, 0.1) is 11.0 Å². The first-order valence-electron chi connectivity index (χ1n) is 17.8. The molecule has 51 heavy (non-hydrogen) atoms. The van der Waals surface area contributed by atoms with Crippen LogP contribution in [0.4, 0.5) is 0 Å². The van der Waals surface area contributed by atoms with Gasteiger partial charge in [0.15, 0.2) is 0 Å². The standard InChI is InChI=1S/C49H34N2/c1-2-47-50-45-21-11-12-22-46(45)51(47)36-29-27-33(28-30-36)32-23-25-34(26-24-32)48-40-17-7-9-19-42(40)49(43-20-10-8-18-41(43)48)44-31-35-13-3-4-14-37(35)38-15-5-6-16-39(38)44/h3-31H,2H2,1H3. The second kappa shape index (κ2) is 11.8. The van der Waals surface area contributed by atoms with Gasteiger partial charge in [-0.05, 0) is 107 Å².